The van der Waals surface area contributed by atoms with E-state index >= 15 is 0 Å². The van der Waals surface area contributed by atoms with E-state index < -0.39 is 6.61 Å². The Hall–Kier alpha value is -2.21. The summed E-state index contributed by atoms with van der Waals surface area (Å²) in [5.74, 6) is 1.14. The molecule has 2 aromatic rings. The number of hydrogen-bond donors (Lipinski definition) is 2. The SMILES string of the molecule is CN=C(NCc1ccccc1OC(F)F)NCc1cccnc1OCCOC.I. The van der Waals surface area contributed by atoms with Gasteiger partial charge >= 0.3 is 6.61 Å². The molecule has 29 heavy (non-hydrogen) atoms. The lowest BCUT2D eigenvalue weighted by molar-refractivity contribution is -0.0504. The van der Waals surface area contributed by atoms with Crippen molar-refractivity contribution >= 4 is 29.9 Å². The van der Waals surface area contributed by atoms with Crippen LogP contribution in [0.3, 0.4) is 0 Å². The van der Waals surface area contributed by atoms with Gasteiger partial charge < -0.3 is 24.8 Å². The fourth-order valence-electron chi connectivity index (χ4n) is 2.35. The van der Waals surface area contributed by atoms with Gasteiger partial charge in [-0.1, -0.05) is 24.3 Å². The highest BCUT2D eigenvalue weighted by atomic mass is 127. The van der Waals surface area contributed by atoms with Gasteiger partial charge in [-0.25, -0.2) is 4.98 Å². The fraction of sp³-hybridized carbons (Fsp3) is 0.368. The molecule has 2 rings (SSSR count). The van der Waals surface area contributed by atoms with Crippen molar-refractivity contribution in [3.63, 3.8) is 0 Å². The Labute approximate surface area is 185 Å². The maximum atomic E-state index is 12.5. The average Bonchev–Trinajstić information content (AvgIpc) is 2.70. The molecule has 2 N–H and O–H groups in total. The van der Waals surface area contributed by atoms with E-state index in [9.17, 15) is 8.78 Å². The monoisotopic (exact) mass is 522 g/mol. The summed E-state index contributed by atoms with van der Waals surface area (Å²) in [5.41, 5.74) is 1.44. The molecule has 0 aliphatic rings. The van der Waals surface area contributed by atoms with Crippen LogP contribution in [0.2, 0.25) is 0 Å². The second-order valence-corrected chi connectivity index (χ2v) is 5.57. The average molecular weight is 522 g/mol. The van der Waals surface area contributed by atoms with E-state index in [0.717, 1.165) is 5.56 Å². The Morgan fingerprint density at radius 2 is 1.76 bits per heavy atom. The molecule has 160 valence electrons. The van der Waals surface area contributed by atoms with Crippen LogP contribution in [0.25, 0.3) is 0 Å². The maximum absolute atomic E-state index is 12.5. The van der Waals surface area contributed by atoms with Gasteiger partial charge in [0.2, 0.25) is 5.88 Å². The molecule has 1 aromatic heterocycles. The van der Waals surface area contributed by atoms with Gasteiger partial charge in [0, 0.05) is 44.6 Å². The normalized spacial score (nSPS) is 11.0. The van der Waals surface area contributed by atoms with Gasteiger partial charge in [0.05, 0.1) is 6.61 Å². The number of nitrogens with zero attached hydrogens (tertiary/aromatic N) is 2. The van der Waals surface area contributed by atoms with Crippen LogP contribution < -0.4 is 20.1 Å². The number of rotatable bonds is 10. The number of hydrogen-bond acceptors (Lipinski definition) is 5. The number of aliphatic imine (C=N–C) groups is 1. The lowest BCUT2D eigenvalue weighted by Crippen LogP contribution is -2.36. The molecule has 0 aliphatic heterocycles. The van der Waals surface area contributed by atoms with Gasteiger partial charge in [0.1, 0.15) is 12.4 Å². The zero-order chi connectivity index (χ0) is 20.2. The molecule has 0 fully saturated rings. The smallest absolute Gasteiger partial charge is 0.387 e. The van der Waals surface area contributed by atoms with Crippen LogP contribution in [-0.4, -0.2) is 44.9 Å². The molecule has 1 aromatic carbocycles. The summed E-state index contributed by atoms with van der Waals surface area (Å²) in [6.45, 7) is -1.32. The molecule has 0 atom stereocenters. The van der Waals surface area contributed by atoms with Crippen molar-refractivity contribution in [2.24, 2.45) is 4.99 Å². The van der Waals surface area contributed by atoms with Crippen LogP contribution in [0.1, 0.15) is 11.1 Å². The Balaban J connectivity index is 0.00000420. The van der Waals surface area contributed by atoms with Gasteiger partial charge in [-0.3, -0.25) is 4.99 Å². The Kier molecular flexibility index (Phi) is 11.9. The lowest BCUT2D eigenvalue weighted by Gasteiger charge is -2.15. The van der Waals surface area contributed by atoms with E-state index in [1.54, 1.807) is 38.6 Å². The fourth-order valence-corrected chi connectivity index (χ4v) is 2.35. The van der Waals surface area contributed by atoms with Crippen LogP contribution in [0.5, 0.6) is 11.6 Å². The summed E-state index contributed by atoms with van der Waals surface area (Å²) in [5, 5.41) is 6.22. The highest BCUT2D eigenvalue weighted by molar-refractivity contribution is 14.0. The summed E-state index contributed by atoms with van der Waals surface area (Å²) in [6.07, 6.45) is 1.65. The molecule has 0 amide bonds. The number of benzene rings is 1. The van der Waals surface area contributed by atoms with Crippen molar-refractivity contribution in [3.8, 4) is 11.6 Å². The molecule has 0 spiro atoms. The van der Waals surface area contributed by atoms with E-state index in [4.69, 9.17) is 9.47 Å². The molecule has 0 aliphatic carbocycles. The minimum Gasteiger partial charge on any atom is -0.475 e. The molecular formula is C19H25F2IN4O3. The number of guanidine groups is 1. The first-order chi connectivity index (χ1) is 13.6. The van der Waals surface area contributed by atoms with Gasteiger partial charge in [0.25, 0.3) is 0 Å². The van der Waals surface area contributed by atoms with Crippen LogP contribution >= 0.6 is 24.0 Å². The summed E-state index contributed by atoms with van der Waals surface area (Å²) in [6, 6.07) is 10.3. The van der Waals surface area contributed by atoms with E-state index in [-0.39, 0.29) is 36.3 Å². The first-order valence-electron chi connectivity index (χ1n) is 8.67. The highest BCUT2D eigenvalue weighted by Crippen LogP contribution is 2.20. The Bertz CT molecular complexity index is 766. The van der Waals surface area contributed by atoms with E-state index in [2.05, 4.69) is 25.3 Å². The van der Waals surface area contributed by atoms with Crippen molar-refractivity contribution in [2.45, 2.75) is 19.7 Å². The van der Waals surface area contributed by atoms with Gasteiger partial charge in [-0.2, -0.15) is 8.78 Å². The topological polar surface area (TPSA) is 77.0 Å². The molecular weight excluding hydrogens is 497 g/mol. The zero-order valence-electron chi connectivity index (χ0n) is 16.2. The van der Waals surface area contributed by atoms with Gasteiger partial charge in [-0.15, -0.1) is 24.0 Å². The summed E-state index contributed by atoms with van der Waals surface area (Å²) < 4.78 is 40.1. The Morgan fingerprint density at radius 1 is 1.07 bits per heavy atom. The number of nitrogens with one attached hydrogen (secondary N) is 2. The highest BCUT2D eigenvalue weighted by Gasteiger charge is 2.10. The summed E-state index contributed by atoms with van der Waals surface area (Å²) in [7, 11) is 3.22. The first kappa shape index (κ1) is 24.8. The second kappa shape index (κ2) is 13.9. The molecule has 0 radical (unpaired) electrons. The quantitative estimate of drug-likeness (QED) is 0.216. The van der Waals surface area contributed by atoms with Crippen molar-refractivity contribution < 1.29 is 23.0 Å². The molecule has 0 saturated carbocycles. The third kappa shape index (κ3) is 8.77. The molecule has 0 saturated heterocycles. The van der Waals surface area contributed by atoms with Crippen molar-refractivity contribution in [1.29, 1.82) is 0 Å². The van der Waals surface area contributed by atoms with E-state index in [1.807, 2.05) is 12.1 Å². The largest absolute Gasteiger partial charge is 0.475 e. The number of pyridine rings is 1. The molecule has 0 unspecified atom stereocenters. The maximum Gasteiger partial charge on any atom is 0.387 e. The standard InChI is InChI=1S/C19H24F2N4O3.HI/c1-22-19(24-12-14-6-3-4-8-16(14)28-18(20)21)25-13-15-7-5-9-23-17(15)27-11-10-26-2;/h3-9,18H,10-13H2,1-2H3,(H2,22,24,25);1H. The minimum atomic E-state index is -2.87. The number of alkyl halides is 2. The zero-order valence-corrected chi connectivity index (χ0v) is 18.6. The van der Waals surface area contributed by atoms with Crippen LogP contribution in [0, 0.1) is 0 Å². The summed E-state index contributed by atoms with van der Waals surface area (Å²) in [4.78, 5) is 8.36. The van der Waals surface area contributed by atoms with Crippen molar-refractivity contribution in [3.05, 3.63) is 53.7 Å². The molecule has 7 nitrogen and oxygen atoms in total. The second-order valence-electron chi connectivity index (χ2n) is 5.57. The van der Waals surface area contributed by atoms with Crippen molar-refractivity contribution in [2.75, 3.05) is 27.4 Å². The predicted octanol–water partition coefficient (Wildman–Crippen LogP) is 3.19. The van der Waals surface area contributed by atoms with Crippen LogP contribution in [0.15, 0.2) is 47.6 Å². The van der Waals surface area contributed by atoms with Crippen LogP contribution in [-0.2, 0) is 17.8 Å². The first-order valence-corrected chi connectivity index (χ1v) is 8.67. The molecule has 0 bridgehead atoms. The third-order valence-corrected chi connectivity index (χ3v) is 3.68. The van der Waals surface area contributed by atoms with E-state index in [1.165, 1.54) is 6.07 Å². The minimum absolute atomic E-state index is 0. The number of aromatic nitrogens is 1. The molecule has 10 heteroatoms. The van der Waals surface area contributed by atoms with Crippen LogP contribution in [0.4, 0.5) is 8.78 Å². The summed E-state index contributed by atoms with van der Waals surface area (Å²) >= 11 is 0. The predicted molar refractivity (Wildman–Crippen MR) is 117 cm³/mol. The number of para-hydroxylation sites is 1. The molecule has 1 heterocycles. The number of ether oxygens (including phenoxy) is 3. The van der Waals surface area contributed by atoms with Gasteiger partial charge in [-0.05, 0) is 12.1 Å². The third-order valence-electron chi connectivity index (χ3n) is 3.68. The number of methoxy groups -OCH3 is 1. The Morgan fingerprint density at radius 3 is 2.45 bits per heavy atom. The lowest BCUT2D eigenvalue weighted by atomic mass is 10.2. The number of halogens is 3. The van der Waals surface area contributed by atoms with Gasteiger partial charge in [0.15, 0.2) is 5.96 Å². The van der Waals surface area contributed by atoms with Crippen molar-refractivity contribution in [1.82, 2.24) is 15.6 Å². The van der Waals surface area contributed by atoms with E-state index in [0.29, 0.717) is 37.2 Å².